The molecule has 0 aliphatic heterocycles. The Hall–Kier alpha value is -2.06. The third-order valence-electron chi connectivity index (χ3n) is 9.98. The van der Waals surface area contributed by atoms with Crippen molar-refractivity contribution in [2.45, 2.75) is 84.1 Å². The van der Waals surface area contributed by atoms with Crippen LogP contribution in [0.1, 0.15) is 66.7 Å². The number of halogens is 1. The zero-order chi connectivity index (χ0) is 26.7. The van der Waals surface area contributed by atoms with E-state index in [-0.39, 0.29) is 18.1 Å². The first-order valence-corrected chi connectivity index (χ1v) is 13.2. The number of aliphatic hydroxyl groups excluding tert-OH is 2. The van der Waals surface area contributed by atoms with Crippen molar-refractivity contribution in [3.63, 3.8) is 0 Å². The molecular weight excluding hydrogens is 465 g/mol. The van der Waals surface area contributed by atoms with E-state index in [1.807, 2.05) is 13.8 Å². The predicted molar refractivity (Wildman–Crippen MR) is 132 cm³/mol. The molecule has 3 saturated carbocycles. The molecule has 36 heavy (non-hydrogen) atoms. The van der Waals surface area contributed by atoms with Gasteiger partial charge >= 0.3 is 6.09 Å². The summed E-state index contributed by atoms with van der Waals surface area (Å²) < 4.78 is 23.3. The molecule has 0 spiro atoms. The fourth-order valence-corrected chi connectivity index (χ4v) is 8.16. The zero-order valence-electron chi connectivity index (χ0n) is 22.0. The van der Waals surface area contributed by atoms with Crippen LogP contribution in [0.2, 0.25) is 0 Å². The minimum absolute atomic E-state index is 0.106. The van der Waals surface area contributed by atoms with Crippen molar-refractivity contribution in [2.75, 3.05) is 13.2 Å². The van der Waals surface area contributed by atoms with Gasteiger partial charge in [-0.3, -0.25) is 9.59 Å². The molecule has 3 fully saturated rings. The van der Waals surface area contributed by atoms with Crippen molar-refractivity contribution >= 4 is 17.7 Å². The van der Waals surface area contributed by atoms with Gasteiger partial charge in [-0.15, -0.1) is 0 Å². The molecule has 0 bridgehead atoms. The maximum Gasteiger partial charge on any atom is 0.408 e. The first kappa shape index (κ1) is 27.0. The number of ketones is 2. The Labute approximate surface area is 212 Å². The van der Waals surface area contributed by atoms with E-state index >= 15 is 4.39 Å². The highest BCUT2D eigenvalue weighted by molar-refractivity contribution is 6.01. The molecule has 4 aliphatic carbocycles. The van der Waals surface area contributed by atoms with E-state index in [2.05, 4.69) is 5.32 Å². The van der Waals surface area contributed by atoms with Gasteiger partial charge < -0.3 is 20.3 Å². The molecule has 200 valence electrons. The van der Waals surface area contributed by atoms with Crippen LogP contribution in [0.4, 0.5) is 9.18 Å². The standard InChI is InChI=1S/C28H40FNO6/c1-16(2)9-11-30-24(35)36-28(23(34)15-31)17(3)12-21-20-7-6-18-13-19(32)8-10-25(18,4)27(20,29)22(33)14-26(21,28)5/h8,10,13,16-17,20-22,31,33H,6-7,9,11-12,14-15H2,1-5H3,(H,30,35)/t17-,20-,21-,22-,25-,26-,27-,28-/m0/s1. The molecule has 7 nitrogen and oxygen atoms in total. The van der Waals surface area contributed by atoms with E-state index in [1.165, 1.54) is 12.2 Å². The number of hydrogen-bond acceptors (Lipinski definition) is 6. The molecule has 4 aliphatic rings. The largest absolute Gasteiger partial charge is 0.434 e. The number of aliphatic hydroxyl groups is 2. The average Bonchev–Trinajstić information content (AvgIpc) is 3.01. The van der Waals surface area contributed by atoms with Crippen molar-refractivity contribution in [3.8, 4) is 0 Å². The molecule has 0 saturated heterocycles. The summed E-state index contributed by atoms with van der Waals surface area (Å²) in [5, 5.41) is 24.2. The van der Waals surface area contributed by atoms with E-state index in [0.29, 0.717) is 37.3 Å². The number of carbonyl (C=O) groups is 3. The Kier molecular flexibility index (Phi) is 6.78. The number of carbonyl (C=O) groups excluding carboxylic acids is 3. The number of alkyl halides is 1. The number of rotatable bonds is 6. The second-order valence-electron chi connectivity index (χ2n) is 12.2. The number of fused-ring (bicyclic) bond motifs is 5. The lowest BCUT2D eigenvalue weighted by atomic mass is 9.44. The number of alkyl carbamates (subject to hydrolysis) is 1. The normalized spacial score (nSPS) is 43.4. The van der Waals surface area contributed by atoms with Gasteiger partial charge in [0.2, 0.25) is 5.78 Å². The molecule has 8 heteroatoms. The molecule has 0 heterocycles. The Morgan fingerprint density at radius 1 is 1.28 bits per heavy atom. The van der Waals surface area contributed by atoms with E-state index < -0.39 is 58.5 Å². The van der Waals surface area contributed by atoms with Crippen LogP contribution in [-0.2, 0) is 14.3 Å². The lowest BCUT2D eigenvalue weighted by Crippen LogP contribution is -2.70. The Bertz CT molecular complexity index is 1010. The van der Waals surface area contributed by atoms with Crippen molar-refractivity contribution in [1.29, 1.82) is 0 Å². The molecule has 0 radical (unpaired) electrons. The molecule has 0 aromatic heterocycles. The molecule has 8 atom stereocenters. The molecule has 1 amide bonds. The summed E-state index contributed by atoms with van der Waals surface area (Å²) in [4.78, 5) is 38.3. The maximum absolute atomic E-state index is 17.3. The topological polar surface area (TPSA) is 113 Å². The van der Waals surface area contributed by atoms with Gasteiger partial charge in [0.15, 0.2) is 17.1 Å². The van der Waals surface area contributed by atoms with Gasteiger partial charge in [0.05, 0.1) is 6.10 Å². The van der Waals surface area contributed by atoms with Gasteiger partial charge in [-0.1, -0.05) is 39.3 Å². The highest BCUT2D eigenvalue weighted by Crippen LogP contribution is 2.71. The minimum Gasteiger partial charge on any atom is -0.434 e. The summed E-state index contributed by atoms with van der Waals surface area (Å²) in [5.74, 6) is -1.90. The third kappa shape index (κ3) is 3.54. The van der Waals surface area contributed by atoms with E-state index in [1.54, 1.807) is 26.8 Å². The molecular formula is C28H40FNO6. The SMILES string of the molecule is CC(C)CCNC(=O)O[C@]1(C(=O)CO)[C@@H](C)C[C@H]2[C@@H]3CCC4=CC(=O)C=C[C@]4(C)[C@@]3(F)[C@@H](O)C[C@@]21C. The fraction of sp³-hybridized carbons (Fsp3) is 0.750. The van der Waals surface area contributed by atoms with Gasteiger partial charge in [-0.2, -0.15) is 0 Å². The van der Waals surface area contributed by atoms with Crippen LogP contribution in [0, 0.1) is 34.5 Å². The highest BCUT2D eigenvalue weighted by atomic mass is 19.1. The highest BCUT2D eigenvalue weighted by Gasteiger charge is 2.77. The first-order valence-electron chi connectivity index (χ1n) is 13.2. The van der Waals surface area contributed by atoms with Crippen molar-refractivity contribution in [2.24, 2.45) is 34.5 Å². The molecule has 3 N–H and O–H groups in total. The van der Waals surface area contributed by atoms with Gasteiger partial charge in [0, 0.05) is 29.2 Å². The second-order valence-corrected chi connectivity index (χ2v) is 12.2. The Morgan fingerprint density at radius 3 is 2.61 bits per heavy atom. The van der Waals surface area contributed by atoms with Gasteiger partial charge in [-0.05, 0) is 63.0 Å². The van der Waals surface area contributed by atoms with Gasteiger partial charge in [-0.25, -0.2) is 9.18 Å². The maximum atomic E-state index is 17.3. The summed E-state index contributed by atoms with van der Waals surface area (Å²) in [7, 11) is 0. The van der Waals surface area contributed by atoms with E-state index in [4.69, 9.17) is 4.74 Å². The summed E-state index contributed by atoms with van der Waals surface area (Å²) in [6.07, 6.45) is 4.21. The van der Waals surface area contributed by atoms with Crippen LogP contribution in [0.15, 0.2) is 23.8 Å². The minimum atomic E-state index is -2.05. The Morgan fingerprint density at radius 2 is 1.97 bits per heavy atom. The fourth-order valence-electron chi connectivity index (χ4n) is 8.16. The smallest absolute Gasteiger partial charge is 0.408 e. The Balaban J connectivity index is 1.74. The van der Waals surface area contributed by atoms with Crippen LogP contribution < -0.4 is 5.32 Å². The average molecular weight is 506 g/mol. The number of nitrogens with one attached hydrogen (secondary N) is 1. The monoisotopic (exact) mass is 505 g/mol. The van der Waals surface area contributed by atoms with Crippen LogP contribution in [0.3, 0.4) is 0 Å². The summed E-state index contributed by atoms with van der Waals surface area (Å²) in [6, 6.07) is 0. The third-order valence-corrected chi connectivity index (χ3v) is 9.98. The van der Waals surface area contributed by atoms with Crippen LogP contribution in [0.5, 0.6) is 0 Å². The lowest BCUT2D eigenvalue weighted by molar-refractivity contribution is -0.219. The van der Waals surface area contributed by atoms with Crippen molar-refractivity contribution < 1.29 is 33.7 Å². The van der Waals surface area contributed by atoms with Crippen LogP contribution in [0.25, 0.3) is 0 Å². The first-order chi connectivity index (χ1) is 16.8. The van der Waals surface area contributed by atoms with Gasteiger partial charge in [0.1, 0.15) is 6.61 Å². The number of ether oxygens (including phenoxy) is 1. The molecule has 0 aromatic carbocycles. The predicted octanol–water partition coefficient (Wildman–Crippen LogP) is 3.68. The number of hydrogen-bond donors (Lipinski definition) is 3. The molecule has 0 aromatic rings. The summed E-state index contributed by atoms with van der Waals surface area (Å²) >= 11 is 0. The van der Waals surface area contributed by atoms with E-state index in [9.17, 15) is 24.6 Å². The zero-order valence-corrected chi connectivity index (χ0v) is 22.0. The number of Topliss-reactive ketones (excluding diaryl/α,β-unsaturated/α-hetero) is 1. The number of allylic oxidation sites excluding steroid dienone is 4. The molecule has 4 rings (SSSR count). The van der Waals surface area contributed by atoms with Crippen LogP contribution >= 0.6 is 0 Å². The second kappa shape index (κ2) is 9.05. The summed E-state index contributed by atoms with van der Waals surface area (Å²) in [5.41, 5.74) is -5.27. The van der Waals surface area contributed by atoms with Crippen LogP contribution in [-0.4, -0.2) is 58.4 Å². The number of amides is 1. The van der Waals surface area contributed by atoms with Crippen molar-refractivity contribution in [1.82, 2.24) is 5.32 Å². The van der Waals surface area contributed by atoms with Gasteiger partial charge in [0.25, 0.3) is 0 Å². The molecule has 0 unspecified atom stereocenters. The quantitative estimate of drug-likeness (QED) is 0.508. The van der Waals surface area contributed by atoms with E-state index in [0.717, 1.165) is 6.42 Å². The summed E-state index contributed by atoms with van der Waals surface area (Å²) in [6.45, 7) is 8.97. The lowest BCUT2D eigenvalue weighted by Gasteiger charge is -2.62. The van der Waals surface area contributed by atoms with Crippen molar-refractivity contribution in [3.05, 3.63) is 23.8 Å².